The van der Waals surface area contributed by atoms with Gasteiger partial charge in [-0.1, -0.05) is 18.2 Å². The third-order valence-electron chi connectivity index (χ3n) is 4.01. The molecule has 2 aromatic rings. The van der Waals surface area contributed by atoms with Crippen molar-refractivity contribution < 1.29 is 5.11 Å². The number of para-hydroxylation sites is 1. The maximum absolute atomic E-state index is 9.43. The Labute approximate surface area is 113 Å². The molecule has 1 N–H and O–H groups in total. The Morgan fingerprint density at radius 2 is 2.21 bits per heavy atom. The van der Waals surface area contributed by atoms with Crippen LogP contribution in [0.25, 0.3) is 10.9 Å². The van der Waals surface area contributed by atoms with E-state index in [4.69, 9.17) is 0 Å². The average molecular weight is 256 g/mol. The molecule has 0 amide bonds. The summed E-state index contributed by atoms with van der Waals surface area (Å²) in [5.41, 5.74) is 3.45. The van der Waals surface area contributed by atoms with Crippen LogP contribution in [0.1, 0.15) is 24.1 Å². The van der Waals surface area contributed by atoms with Crippen molar-refractivity contribution in [1.29, 1.82) is 0 Å². The Kier molecular flexibility index (Phi) is 3.49. The molecule has 3 heteroatoms. The molecule has 1 saturated heterocycles. The van der Waals surface area contributed by atoms with Crippen molar-refractivity contribution in [2.75, 3.05) is 13.2 Å². The molecule has 2 heterocycles. The highest BCUT2D eigenvalue weighted by molar-refractivity contribution is 5.82. The molecule has 0 spiro atoms. The Morgan fingerprint density at radius 3 is 3.05 bits per heavy atom. The first-order chi connectivity index (χ1) is 9.28. The number of rotatable bonds is 3. The third kappa shape index (κ3) is 2.48. The highest BCUT2D eigenvalue weighted by atomic mass is 16.3. The van der Waals surface area contributed by atoms with Gasteiger partial charge in [0.15, 0.2) is 0 Å². The molecule has 1 aliphatic heterocycles. The fourth-order valence-electron chi connectivity index (χ4n) is 3.05. The van der Waals surface area contributed by atoms with Crippen LogP contribution in [0.3, 0.4) is 0 Å². The van der Waals surface area contributed by atoms with Crippen molar-refractivity contribution in [1.82, 2.24) is 9.88 Å². The summed E-state index contributed by atoms with van der Waals surface area (Å²) < 4.78 is 0. The highest BCUT2D eigenvalue weighted by Crippen LogP contribution is 2.24. The number of benzene rings is 1. The number of pyridine rings is 1. The van der Waals surface area contributed by atoms with Gasteiger partial charge < -0.3 is 5.11 Å². The fraction of sp³-hybridized carbons (Fsp3) is 0.438. The number of hydrogen-bond donors (Lipinski definition) is 1. The van der Waals surface area contributed by atoms with Crippen molar-refractivity contribution in [2.24, 2.45) is 0 Å². The zero-order chi connectivity index (χ0) is 13.2. The lowest BCUT2D eigenvalue weighted by Crippen LogP contribution is -2.31. The molecule has 0 aliphatic carbocycles. The Balaban J connectivity index is 1.96. The van der Waals surface area contributed by atoms with Gasteiger partial charge in [-0.15, -0.1) is 0 Å². The summed E-state index contributed by atoms with van der Waals surface area (Å²) in [5.74, 6) is 0. The first kappa shape index (κ1) is 12.6. The number of aliphatic hydroxyl groups excluding tert-OH is 1. The number of aliphatic hydroxyl groups is 1. The second-order valence-electron chi connectivity index (χ2n) is 5.39. The molecule has 19 heavy (non-hydrogen) atoms. The van der Waals surface area contributed by atoms with Crippen LogP contribution in [0.15, 0.2) is 30.3 Å². The highest BCUT2D eigenvalue weighted by Gasteiger charge is 2.24. The van der Waals surface area contributed by atoms with E-state index in [2.05, 4.69) is 34.1 Å². The summed E-state index contributed by atoms with van der Waals surface area (Å²) in [6.45, 7) is 4.31. The molecule has 1 aliphatic rings. The largest absolute Gasteiger partial charge is 0.395 e. The van der Waals surface area contributed by atoms with Gasteiger partial charge in [-0.3, -0.25) is 9.88 Å². The van der Waals surface area contributed by atoms with Crippen molar-refractivity contribution in [3.8, 4) is 0 Å². The third-order valence-corrected chi connectivity index (χ3v) is 4.01. The maximum Gasteiger partial charge on any atom is 0.0708 e. The summed E-state index contributed by atoms with van der Waals surface area (Å²) in [4.78, 5) is 6.97. The van der Waals surface area contributed by atoms with Crippen LogP contribution in [-0.2, 0) is 6.54 Å². The van der Waals surface area contributed by atoms with Gasteiger partial charge in [-0.2, -0.15) is 0 Å². The molecule has 1 unspecified atom stereocenters. The number of likely N-dealkylation sites (tertiary alicyclic amines) is 1. The van der Waals surface area contributed by atoms with Gasteiger partial charge in [0.1, 0.15) is 0 Å². The van der Waals surface area contributed by atoms with Gasteiger partial charge in [0.25, 0.3) is 0 Å². The number of aryl methyl sites for hydroxylation is 1. The molecule has 1 atom stereocenters. The number of aromatic nitrogens is 1. The van der Waals surface area contributed by atoms with Gasteiger partial charge in [-0.05, 0) is 44.0 Å². The van der Waals surface area contributed by atoms with E-state index in [9.17, 15) is 5.11 Å². The quantitative estimate of drug-likeness (QED) is 0.916. The molecule has 1 fully saturated rings. The molecule has 1 aromatic heterocycles. The average Bonchev–Trinajstić information content (AvgIpc) is 2.86. The van der Waals surface area contributed by atoms with Crippen LogP contribution >= 0.6 is 0 Å². The van der Waals surface area contributed by atoms with Crippen LogP contribution in [-0.4, -0.2) is 34.2 Å². The zero-order valence-corrected chi connectivity index (χ0v) is 11.3. The molecule has 1 aromatic carbocycles. The van der Waals surface area contributed by atoms with Crippen molar-refractivity contribution in [3.05, 3.63) is 41.6 Å². The van der Waals surface area contributed by atoms with Gasteiger partial charge in [0.2, 0.25) is 0 Å². The van der Waals surface area contributed by atoms with Crippen LogP contribution in [0.4, 0.5) is 0 Å². The Bertz CT molecular complexity index is 582. The van der Waals surface area contributed by atoms with E-state index in [-0.39, 0.29) is 6.61 Å². The van der Waals surface area contributed by atoms with Crippen LogP contribution < -0.4 is 0 Å². The maximum atomic E-state index is 9.43. The van der Waals surface area contributed by atoms with Crippen molar-refractivity contribution in [2.45, 2.75) is 32.4 Å². The van der Waals surface area contributed by atoms with Crippen molar-refractivity contribution >= 4 is 10.9 Å². The van der Waals surface area contributed by atoms with Gasteiger partial charge >= 0.3 is 0 Å². The fourth-order valence-corrected chi connectivity index (χ4v) is 3.05. The van der Waals surface area contributed by atoms with Crippen LogP contribution in [0.2, 0.25) is 0 Å². The van der Waals surface area contributed by atoms with E-state index >= 15 is 0 Å². The summed E-state index contributed by atoms with van der Waals surface area (Å²) in [5, 5.41) is 10.7. The minimum absolute atomic E-state index is 0.266. The second-order valence-corrected chi connectivity index (χ2v) is 5.39. The number of nitrogens with zero attached hydrogens (tertiary/aromatic N) is 2. The summed E-state index contributed by atoms with van der Waals surface area (Å²) in [7, 11) is 0. The zero-order valence-electron chi connectivity index (χ0n) is 11.3. The lowest BCUT2D eigenvalue weighted by molar-refractivity contribution is 0.154. The summed E-state index contributed by atoms with van der Waals surface area (Å²) in [6.07, 6.45) is 2.30. The standard InChI is InChI=1S/C16H20N2O/c1-12-9-13(10-18-8-4-5-14(18)11-19)15-6-2-3-7-16(15)17-12/h2-3,6-7,9,14,19H,4-5,8,10-11H2,1H3. The van der Waals surface area contributed by atoms with Gasteiger partial charge in [0, 0.05) is 23.7 Å². The Morgan fingerprint density at radius 1 is 1.37 bits per heavy atom. The normalized spacial score (nSPS) is 20.2. The number of hydrogen-bond acceptors (Lipinski definition) is 3. The second kappa shape index (κ2) is 5.27. The van der Waals surface area contributed by atoms with E-state index in [0.717, 1.165) is 30.7 Å². The molecular weight excluding hydrogens is 236 g/mol. The summed E-state index contributed by atoms with van der Waals surface area (Å²) in [6, 6.07) is 10.8. The minimum atomic E-state index is 0.266. The SMILES string of the molecule is Cc1cc(CN2CCCC2CO)c2ccccc2n1. The lowest BCUT2D eigenvalue weighted by Gasteiger charge is -2.23. The van der Waals surface area contributed by atoms with Gasteiger partial charge in [-0.25, -0.2) is 0 Å². The van der Waals surface area contributed by atoms with E-state index in [1.54, 1.807) is 0 Å². The Hall–Kier alpha value is -1.45. The topological polar surface area (TPSA) is 36.4 Å². The lowest BCUT2D eigenvalue weighted by atomic mass is 10.1. The van der Waals surface area contributed by atoms with E-state index in [0.29, 0.717) is 6.04 Å². The smallest absolute Gasteiger partial charge is 0.0708 e. The van der Waals surface area contributed by atoms with E-state index < -0.39 is 0 Å². The molecule has 3 nitrogen and oxygen atoms in total. The molecule has 0 radical (unpaired) electrons. The first-order valence-corrected chi connectivity index (χ1v) is 6.98. The van der Waals surface area contributed by atoms with Crippen LogP contribution in [0, 0.1) is 6.92 Å². The number of fused-ring (bicyclic) bond motifs is 1. The molecular formula is C16H20N2O. The molecule has 0 saturated carbocycles. The predicted octanol–water partition coefficient (Wildman–Crippen LogP) is 2.50. The minimum Gasteiger partial charge on any atom is -0.395 e. The summed E-state index contributed by atoms with van der Waals surface area (Å²) >= 11 is 0. The molecule has 0 bridgehead atoms. The molecule has 3 rings (SSSR count). The van der Waals surface area contributed by atoms with Crippen molar-refractivity contribution in [3.63, 3.8) is 0 Å². The van der Waals surface area contributed by atoms with E-state index in [1.165, 1.54) is 17.4 Å². The van der Waals surface area contributed by atoms with Gasteiger partial charge in [0.05, 0.1) is 12.1 Å². The molecule has 100 valence electrons. The monoisotopic (exact) mass is 256 g/mol. The predicted molar refractivity (Wildman–Crippen MR) is 77.0 cm³/mol. The van der Waals surface area contributed by atoms with Crippen LogP contribution in [0.5, 0.6) is 0 Å². The first-order valence-electron chi connectivity index (χ1n) is 6.98. The van der Waals surface area contributed by atoms with E-state index in [1.807, 2.05) is 13.0 Å².